The molecule has 1 aromatic carbocycles. The Labute approximate surface area is 111 Å². The van der Waals surface area contributed by atoms with E-state index in [9.17, 15) is 18.4 Å². The highest BCUT2D eigenvalue weighted by atomic mass is 19.1. The fourth-order valence-corrected chi connectivity index (χ4v) is 1.67. The fourth-order valence-electron chi connectivity index (χ4n) is 1.67. The lowest BCUT2D eigenvalue weighted by Gasteiger charge is -2.11. The molecule has 8 heteroatoms. The van der Waals surface area contributed by atoms with Crippen LogP contribution in [0.3, 0.4) is 0 Å². The van der Waals surface area contributed by atoms with Crippen LogP contribution < -0.4 is 16.7 Å². The summed E-state index contributed by atoms with van der Waals surface area (Å²) in [6, 6.07) is 3.86. The number of aromatic nitrogens is 2. The number of carbonyl (C=O) groups is 1. The van der Waals surface area contributed by atoms with Gasteiger partial charge >= 0.3 is 0 Å². The van der Waals surface area contributed by atoms with Crippen molar-refractivity contribution in [3.63, 3.8) is 0 Å². The van der Waals surface area contributed by atoms with Gasteiger partial charge in [-0.15, -0.1) is 0 Å². The van der Waals surface area contributed by atoms with Gasteiger partial charge in [0.15, 0.2) is 5.69 Å². The number of benzene rings is 1. The highest BCUT2D eigenvalue weighted by Gasteiger charge is 2.16. The van der Waals surface area contributed by atoms with Crippen LogP contribution in [-0.2, 0) is 0 Å². The molecule has 1 heterocycles. The number of carbonyl (C=O) groups excluding carboxylic acids is 1. The van der Waals surface area contributed by atoms with E-state index >= 15 is 0 Å². The van der Waals surface area contributed by atoms with E-state index < -0.39 is 28.7 Å². The second-order valence-electron chi connectivity index (χ2n) is 3.98. The number of aryl methyl sites for hydroxylation is 1. The largest absolute Gasteiger partial charge is 0.289 e. The van der Waals surface area contributed by atoms with Crippen molar-refractivity contribution < 1.29 is 13.6 Å². The molecule has 6 nitrogen and oxygen atoms in total. The Morgan fingerprint density at radius 3 is 2.70 bits per heavy atom. The van der Waals surface area contributed by atoms with Crippen molar-refractivity contribution in [2.75, 3.05) is 0 Å². The lowest BCUT2D eigenvalue weighted by molar-refractivity contribution is 0.0945. The van der Waals surface area contributed by atoms with Gasteiger partial charge in [0.2, 0.25) is 5.43 Å². The molecular formula is C12H10F2N4O2. The molecule has 1 aromatic heterocycles. The fraction of sp³-hybridized carbons (Fsp3) is 0.0833. The maximum absolute atomic E-state index is 13.7. The van der Waals surface area contributed by atoms with Crippen LogP contribution in [-0.4, -0.2) is 15.7 Å². The van der Waals surface area contributed by atoms with E-state index in [-0.39, 0.29) is 11.4 Å². The van der Waals surface area contributed by atoms with Crippen molar-refractivity contribution >= 4 is 5.91 Å². The summed E-state index contributed by atoms with van der Waals surface area (Å²) in [5.74, 6) is 2.60. The summed E-state index contributed by atoms with van der Waals surface area (Å²) in [5.41, 5.74) is 0.613. The van der Waals surface area contributed by atoms with E-state index in [2.05, 4.69) is 5.10 Å². The van der Waals surface area contributed by atoms with Crippen molar-refractivity contribution in [3.05, 3.63) is 57.5 Å². The number of nitrogens with zero attached hydrogens (tertiary/aromatic N) is 2. The Bertz CT molecular complexity index is 743. The summed E-state index contributed by atoms with van der Waals surface area (Å²) >= 11 is 0. The monoisotopic (exact) mass is 280 g/mol. The summed E-state index contributed by atoms with van der Waals surface area (Å²) in [4.78, 5) is 23.0. The van der Waals surface area contributed by atoms with Crippen LogP contribution in [0.1, 0.15) is 16.2 Å². The Balaban J connectivity index is 2.71. The van der Waals surface area contributed by atoms with E-state index in [0.717, 1.165) is 28.9 Å². The SMILES string of the molecule is Cc1cc(=O)c(C(=O)NN)nn1-c1cc(F)ccc1F. The molecule has 1 amide bonds. The average molecular weight is 280 g/mol. The second kappa shape index (κ2) is 5.17. The molecule has 2 rings (SSSR count). The quantitative estimate of drug-likeness (QED) is 0.474. The summed E-state index contributed by atoms with van der Waals surface area (Å²) < 4.78 is 27.9. The van der Waals surface area contributed by atoms with Gasteiger partial charge in [0.25, 0.3) is 5.91 Å². The minimum Gasteiger partial charge on any atom is -0.289 e. The number of nitrogens with two attached hydrogens (primary N) is 1. The van der Waals surface area contributed by atoms with Gasteiger partial charge in [0.05, 0.1) is 0 Å². The zero-order chi connectivity index (χ0) is 14.9. The van der Waals surface area contributed by atoms with Gasteiger partial charge in [-0.2, -0.15) is 5.10 Å². The van der Waals surface area contributed by atoms with Gasteiger partial charge in [0, 0.05) is 17.8 Å². The highest BCUT2D eigenvalue weighted by molar-refractivity contribution is 5.91. The number of nitrogens with one attached hydrogen (secondary N) is 1. The Kier molecular flexibility index (Phi) is 3.57. The van der Waals surface area contributed by atoms with Crippen LogP contribution in [0, 0.1) is 18.6 Å². The Morgan fingerprint density at radius 2 is 2.05 bits per heavy atom. The zero-order valence-corrected chi connectivity index (χ0v) is 10.4. The van der Waals surface area contributed by atoms with Gasteiger partial charge in [-0.1, -0.05) is 0 Å². The van der Waals surface area contributed by atoms with Crippen LogP contribution in [0.5, 0.6) is 0 Å². The summed E-state index contributed by atoms with van der Waals surface area (Å²) in [7, 11) is 0. The third-order valence-electron chi connectivity index (χ3n) is 2.59. The first-order valence-electron chi connectivity index (χ1n) is 5.51. The van der Waals surface area contributed by atoms with Gasteiger partial charge in [0.1, 0.15) is 17.3 Å². The molecule has 0 bridgehead atoms. The van der Waals surface area contributed by atoms with Crippen LogP contribution >= 0.6 is 0 Å². The van der Waals surface area contributed by atoms with Crippen molar-refractivity contribution in [3.8, 4) is 5.69 Å². The van der Waals surface area contributed by atoms with Gasteiger partial charge in [-0.05, 0) is 19.1 Å². The molecular weight excluding hydrogens is 270 g/mol. The minimum atomic E-state index is -0.916. The number of rotatable bonds is 2. The normalized spacial score (nSPS) is 10.4. The number of hydrazine groups is 1. The molecule has 0 radical (unpaired) electrons. The van der Waals surface area contributed by atoms with Gasteiger partial charge in [-0.3, -0.25) is 15.0 Å². The summed E-state index contributed by atoms with van der Waals surface area (Å²) in [6.45, 7) is 1.48. The minimum absolute atomic E-state index is 0.214. The summed E-state index contributed by atoms with van der Waals surface area (Å²) in [6.07, 6.45) is 0. The first kappa shape index (κ1) is 13.8. The molecule has 20 heavy (non-hydrogen) atoms. The third-order valence-corrected chi connectivity index (χ3v) is 2.59. The van der Waals surface area contributed by atoms with Crippen LogP contribution in [0.2, 0.25) is 0 Å². The van der Waals surface area contributed by atoms with Crippen LogP contribution in [0.4, 0.5) is 8.78 Å². The maximum atomic E-state index is 13.7. The second-order valence-corrected chi connectivity index (χ2v) is 3.98. The van der Waals surface area contributed by atoms with Crippen LogP contribution in [0.15, 0.2) is 29.1 Å². The zero-order valence-electron chi connectivity index (χ0n) is 10.4. The number of hydrogen-bond acceptors (Lipinski definition) is 4. The lowest BCUT2D eigenvalue weighted by atomic mass is 10.2. The smallest absolute Gasteiger partial charge is 0.289 e. The number of nitrogen functional groups attached to an aromatic ring is 1. The molecule has 0 saturated heterocycles. The molecule has 0 aliphatic rings. The standard InChI is InChI=1S/C12H10F2N4O2/c1-6-4-10(19)11(12(20)16-15)17-18(6)9-5-7(13)2-3-8(9)14/h2-5H,15H2,1H3,(H,16,20). The molecule has 3 N–H and O–H groups in total. The third kappa shape index (κ3) is 2.41. The van der Waals surface area contributed by atoms with E-state index in [1.54, 1.807) is 5.43 Å². The number of amides is 1. The average Bonchev–Trinajstić information content (AvgIpc) is 2.41. The van der Waals surface area contributed by atoms with Crippen LogP contribution in [0.25, 0.3) is 5.69 Å². The molecule has 0 saturated carbocycles. The van der Waals surface area contributed by atoms with Gasteiger partial charge in [-0.25, -0.2) is 19.3 Å². The Morgan fingerprint density at radius 1 is 1.35 bits per heavy atom. The first-order valence-corrected chi connectivity index (χ1v) is 5.51. The van der Waals surface area contributed by atoms with Crippen molar-refractivity contribution in [1.82, 2.24) is 15.2 Å². The van der Waals surface area contributed by atoms with Crippen molar-refractivity contribution in [2.45, 2.75) is 6.92 Å². The summed E-state index contributed by atoms with van der Waals surface area (Å²) in [5, 5.41) is 3.72. The Hall–Kier alpha value is -2.61. The predicted octanol–water partition coefficient (Wildman–Crippen LogP) is 0.423. The predicted molar refractivity (Wildman–Crippen MR) is 66.1 cm³/mol. The molecule has 0 aliphatic carbocycles. The van der Waals surface area contributed by atoms with E-state index in [0.29, 0.717) is 0 Å². The maximum Gasteiger partial charge on any atom is 0.289 e. The molecule has 0 fully saturated rings. The van der Waals surface area contributed by atoms with Crippen molar-refractivity contribution in [2.24, 2.45) is 5.84 Å². The lowest BCUT2D eigenvalue weighted by Crippen LogP contribution is -2.36. The van der Waals surface area contributed by atoms with E-state index in [4.69, 9.17) is 5.84 Å². The molecule has 0 aliphatic heterocycles. The van der Waals surface area contributed by atoms with E-state index in [1.165, 1.54) is 6.92 Å². The molecule has 104 valence electrons. The highest BCUT2D eigenvalue weighted by Crippen LogP contribution is 2.15. The molecule has 2 aromatic rings. The topological polar surface area (TPSA) is 90.0 Å². The first-order chi connectivity index (χ1) is 9.43. The van der Waals surface area contributed by atoms with E-state index in [1.807, 2.05) is 0 Å². The number of halogens is 2. The number of hydrogen-bond donors (Lipinski definition) is 2. The molecule has 0 atom stereocenters. The molecule has 0 spiro atoms. The van der Waals surface area contributed by atoms with Gasteiger partial charge < -0.3 is 0 Å². The molecule has 0 unspecified atom stereocenters. The van der Waals surface area contributed by atoms with Crippen molar-refractivity contribution in [1.29, 1.82) is 0 Å².